The third-order valence-electron chi connectivity index (χ3n) is 3.35. The average molecular weight is 249 g/mol. The summed E-state index contributed by atoms with van der Waals surface area (Å²) in [5, 5.41) is 0. The number of rotatable bonds is 1. The van der Waals surface area contributed by atoms with Crippen LogP contribution in [0.15, 0.2) is 24.3 Å². The minimum Gasteiger partial charge on any atom is -0.444 e. The molecule has 1 heterocycles. The van der Waals surface area contributed by atoms with E-state index in [0.717, 1.165) is 25.8 Å². The summed E-state index contributed by atoms with van der Waals surface area (Å²) in [6.45, 7) is 6.50. The van der Waals surface area contributed by atoms with Gasteiger partial charge in [0, 0.05) is 12.5 Å². The molecule has 1 aliphatic carbocycles. The van der Waals surface area contributed by atoms with Gasteiger partial charge in [-0.1, -0.05) is 24.3 Å². The Balaban J connectivity index is 2.07. The van der Waals surface area contributed by atoms with Gasteiger partial charge in [0.15, 0.2) is 0 Å². The molecule has 100 valence electrons. The number of carbonyl (C=O) groups excluding carboxylic acids is 1. The van der Waals surface area contributed by atoms with Gasteiger partial charge in [-0.2, -0.15) is 0 Å². The van der Waals surface area contributed by atoms with Crippen LogP contribution < -0.4 is 0 Å². The van der Waals surface area contributed by atoms with Gasteiger partial charge in [0.1, 0.15) is 5.60 Å². The van der Waals surface area contributed by atoms with Crippen molar-refractivity contribution in [3.8, 4) is 0 Å². The molecule has 0 aromatic carbocycles. The van der Waals surface area contributed by atoms with Crippen LogP contribution in [0.2, 0.25) is 0 Å². The molecule has 2 aliphatic rings. The second kappa shape index (κ2) is 5.17. The summed E-state index contributed by atoms with van der Waals surface area (Å²) in [6.07, 6.45) is 11.8. The number of hydrogen-bond acceptors (Lipinski definition) is 2. The molecule has 0 bridgehead atoms. The molecule has 0 saturated heterocycles. The molecule has 0 radical (unpaired) electrons. The molecule has 1 amide bonds. The van der Waals surface area contributed by atoms with Crippen molar-refractivity contribution < 1.29 is 9.53 Å². The third kappa shape index (κ3) is 3.15. The van der Waals surface area contributed by atoms with Gasteiger partial charge >= 0.3 is 6.09 Å². The second-order valence-electron chi connectivity index (χ2n) is 6.05. The largest absolute Gasteiger partial charge is 0.444 e. The van der Waals surface area contributed by atoms with Gasteiger partial charge in [-0.05, 0) is 40.0 Å². The number of ether oxygens (including phenoxy) is 1. The minimum absolute atomic E-state index is 0.173. The molecule has 0 aromatic heterocycles. The summed E-state index contributed by atoms with van der Waals surface area (Å²) < 4.78 is 5.50. The fourth-order valence-corrected chi connectivity index (χ4v) is 2.55. The number of allylic oxidation sites excluding steroid dienone is 1. The SMILES string of the molecule is CC(C)(C)OC(=O)N1CCC=CC1C1C=CCC1. The quantitative estimate of drug-likeness (QED) is 0.665. The van der Waals surface area contributed by atoms with E-state index >= 15 is 0 Å². The number of nitrogens with zero attached hydrogens (tertiary/aromatic N) is 1. The zero-order valence-electron chi connectivity index (χ0n) is 11.6. The standard InChI is InChI=1S/C15H23NO2/c1-15(2,3)18-14(17)16-11-7-6-10-13(16)12-8-4-5-9-12/h4,6,8,10,12-13H,5,7,9,11H2,1-3H3. The van der Waals surface area contributed by atoms with Gasteiger partial charge in [-0.3, -0.25) is 0 Å². The third-order valence-corrected chi connectivity index (χ3v) is 3.35. The summed E-state index contributed by atoms with van der Waals surface area (Å²) >= 11 is 0. The Bertz CT molecular complexity index is 365. The van der Waals surface area contributed by atoms with E-state index in [1.807, 2.05) is 25.7 Å². The van der Waals surface area contributed by atoms with Gasteiger partial charge in [0.2, 0.25) is 0 Å². The lowest BCUT2D eigenvalue weighted by atomic mass is 9.95. The molecule has 2 unspecified atom stereocenters. The molecule has 0 aromatic rings. The molecule has 3 nitrogen and oxygen atoms in total. The zero-order valence-corrected chi connectivity index (χ0v) is 11.6. The van der Waals surface area contributed by atoms with Crippen LogP contribution in [-0.2, 0) is 4.74 Å². The molecule has 1 aliphatic heterocycles. The van der Waals surface area contributed by atoms with E-state index in [2.05, 4.69) is 24.3 Å². The summed E-state index contributed by atoms with van der Waals surface area (Å²) in [5.41, 5.74) is -0.422. The molecule has 2 atom stereocenters. The topological polar surface area (TPSA) is 29.5 Å². The minimum atomic E-state index is -0.422. The van der Waals surface area contributed by atoms with E-state index in [-0.39, 0.29) is 12.1 Å². The van der Waals surface area contributed by atoms with Crippen LogP contribution in [0.5, 0.6) is 0 Å². The fourth-order valence-electron chi connectivity index (χ4n) is 2.55. The lowest BCUT2D eigenvalue weighted by molar-refractivity contribution is 0.0158. The molecule has 0 spiro atoms. The summed E-state index contributed by atoms with van der Waals surface area (Å²) in [4.78, 5) is 14.1. The van der Waals surface area contributed by atoms with Crippen LogP contribution in [-0.4, -0.2) is 29.2 Å². The predicted molar refractivity (Wildman–Crippen MR) is 72.3 cm³/mol. The normalized spacial score (nSPS) is 27.6. The molecule has 0 fully saturated rings. The Hall–Kier alpha value is -1.25. The van der Waals surface area contributed by atoms with Crippen molar-refractivity contribution in [2.75, 3.05) is 6.54 Å². The van der Waals surface area contributed by atoms with Crippen molar-refractivity contribution >= 4 is 6.09 Å². The van der Waals surface area contributed by atoms with Gasteiger partial charge < -0.3 is 9.64 Å². The van der Waals surface area contributed by atoms with E-state index < -0.39 is 5.60 Å². The molecule has 0 saturated carbocycles. The van der Waals surface area contributed by atoms with E-state index in [4.69, 9.17) is 4.74 Å². The smallest absolute Gasteiger partial charge is 0.410 e. The lowest BCUT2D eigenvalue weighted by Crippen LogP contribution is -2.47. The van der Waals surface area contributed by atoms with Crippen LogP contribution in [0.1, 0.15) is 40.0 Å². The summed E-state index contributed by atoms with van der Waals surface area (Å²) in [7, 11) is 0. The van der Waals surface area contributed by atoms with Crippen LogP contribution >= 0.6 is 0 Å². The summed E-state index contributed by atoms with van der Waals surface area (Å²) in [6, 6.07) is 0.173. The Morgan fingerprint density at radius 2 is 1.94 bits per heavy atom. The highest BCUT2D eigenvalue weighted by atomic mass is 16.6. The maximum atomic E-state index is 12.2. The Morgan fingerprint density at radius 1 is 1.22 bits per heavy atom. The monoisotopic (exact) mass is 249 g/mol. The van der Waals surface area contributed by atoms with Gasteiger partial charge in [0.05, 0.1) is 6.04 Å². The maximum absolute atomic E-state index is 12.2. The number of carbonyl (C=O) groups is 1. The lowest BCUT2D eigenvalue weighted by Gasteiger charge is -2.36. The van der Waals surface area contributed by atoms with Gasteiger partial charge in [0.25, 0.3) is 0 Å². The van der Waals surface area contributed by atoms with Crippen molar-refractivity contribution in [1.82, 2.24) is 4.90 Å². The number of hydrogen-bond donors (Lipinski definition) is 0. The zero-order chi connectivity index (χ0) is 13.2. The van der Waals surface area contributed by atoms with Crippen molar-refractivity contribution in [3.05, 3.63) is 24.3 Å². The van der Waals surface area contributed by atoms with Crippen molar-refractivity contribution in [3.63, 3.8) is 0 Å². The van der Waals surface area contributed by atoms with E-state index in [1.165, 1.54) is 0 Å². The Kier molecular flexibility index (Phi) is 3.79. The van der Waals surface area contributed by atoms with Crippen LogP contribution in [0, 0.1) is 5.92 Å². The van der Waals surface area contributed by atoms with Crippen LogP contribution in [0.25, 0.3) is 0 Å². The molecular formula is C15H23NO2. The average Bonchev–Trinajstić information content (AvgIpc) is 2.80. The Morgan fingerprint density at radius 3 is 2.56 bits per heavy atom. The first-order valence-corrected chi connectivity index (χ1v) is 6.80. The van der Waals surface area contributed by atoms with Crippen molar-refractivity contribution in [2.45, 2.75) is 51.7 Å². The molecule has 0 N–H and O–H groups in total. The summed E-state index contributed by atoms with van der Waals surface area (Å²) in [5.74, 6) is 0.453. The van der Waals surface area contributed by atoms with Gasteiger partial charge in [-0.15, -0.1) is 0 Å². The van der Waals surface area contributed by atoms with E-state index in [1.54, 1.807) is 0 Å². The first kappa shape index (κ1) is 13.2. The molecule has 3 heteroatoms. The highest BCUT2D eigenvalue weighted by Gasteiger charge is 2.32. The molecule has 2 rings (SSSR count). The highest BCUT2D eigenvalue weighted by Crippen LogP contribution is 2.28. The van der Waals surface area contributed by atoms with Crippen molar-refractivity contribution in [2.24, 2.45) is 5.92 Å². The maximum Gasteiger partial charge on any atom is 0.410 e. The van der Waals surface area contributed by atoms with Crippen molar-refractivity contribution in [1.29, 1.82) is 0 Å². The second-order valence-corrected chi connectivity index (χ2v) is 6.05. The van der Waals surface area contributed by atoms with Crippen LogP contribution in [0.4, 0.5) is 4.79 Å². The highest BCUT2D eigenvalue weighted by molar-refractivity contribution is 5.69. The first-order chi connectivity index (χ1) is 8.47. The Labute approximate surface area is 109 Å². The fraction of sp³-hybridized carbons (Fsp3) is 0.667. The van der Waals surface area contributed by atoms with Gasteiger partial charge in [-0.25, -0.2) is 4.79 Å². The molecular weight excluding hydrogens is 226 g/mol. The van der Waals surface area contributed by atoms with Crippen LogP contribution in [0.3, 0.4) is 0 Å². The first-order valence-electron chi connectivity index (χ1n) is 6.80. The predicted octanol–water partition coefficient (Wildman–Crippen LogP) is 3.52. The van der Waals surface area contributed by atoms with E-state index in [0.29, 0.717) is 5.92 Å². The molecule has 18 heavy (non-hydrogen) atoms. The van der Waals surface area contributed by atoms with E-state index in [9.17, 15) is 4.79 Å². The number of amides is 1.